The van der Waals surface area contributed by atoms with E-state index in [0.717, 1.165) is 92.9 Å². The van der Waals surface area contributed by atoms with Crippen LogP contribution < -0.4 is 4.90 Å². The number of hydrogen-bond acceptors (Lipinski definition) is 5. The van der Waals surface area contributed by atoms with Gasteiger partial charge in [-0.2, -0.15) is 0 Å². The Morgan fingerprint density at radius 3 is 1.78 bits per heavy atom. The summed E-state index contributed by atoms with van der Waals surface area (Å²) in [6, 6.07) is 63.8. The van der Waals surface area contributed by atoms with Gasteiger partial charge in [-0.1, -0.05) is 115 Å². The van der Waals surface area contributed by atoms with Gasteiger partial charge in [-0.05, 0) is 82.9 Å². The van der Waals surface area contributed by atoms with Gasteiger partial charge in [-0.3, -0.25) is 0 Å². The fourth-order valence-corrected chi connectivity index (χ4v) is 8.76. The molecule has 0 bridgehead atoms. The predicted molar refractivity (Wildman–Crippen MR) is 225 cm³/mol. The molecule has 0 aliphatic carbocycles. The van der Waals surface area contributed by atoms with Crippen molar-refractivity contribution in [2.75, 3.05) is 4.90 Å². The van der Waals surface area contributed by atoms with Crippen LogP contribution >= 0.6 is 11.3 Å². The van der Waals surface area contributed by atoms with Crippen molar-refractivity contribution >= 4 is 82.5 Å². The molecule has 3 heterocycles. The quantitative estimate of drug-likeness (QED) is 0.172. The average molecular weight is 711 g/mol. The smallest absolute Gasteiger partial charge is 0.137 e. The summed E-state index contributed by atoms with van der Waals surface area (Å²) in [6.45, 7) is 0. The molecule has 0 radical (unpaired) electrons. The molecule has 0 spiro atoms. The second-order valence-electron chi connectivity index (χ2n) is 13.5. The van der Waals surface area contributed by atoms with Crippen LogP contribution in [-0.4, -0.2) is 4.98 Å². The molecule has 3 aromatic heterocycles. The molecule has 5 heteroatoms. The Bertz CT molecular complexity index is 3160. The lowest BCUT2D eigenvalue weighted by Gasteiger charge is -2.27. The van der Waals surface area contributed by atoms with Crippen LogP contribution in [0.5, 0.6) is 0 Å². The van der Waals surface area contributed by atoms with E-state index < -0.39 is 0 Å². The number of anilines is 3. The molecule has 0 saturated heterocycles. The third kappa shape index (κ3) is 5.01. The van der Waals surface area contributed by atoms with Crippen molar-refractivity contribution in [2.45, 2.75) is 0 Å². The Balaban J connectivity index is 1.15. The number of fused-ring (bicyclic) bond motifs is 8. The van der Waals surface area contributed by atoms with Gasteiger partial charge >= 0.3 is 0 Å². The number of thiazole rings is 1. The fraction of sp³-hybridized carbons (Fsp3) is 0. The fourth-order valence-electron chi connectivity index (χ4n) is 7.78. The highest BCUT2D eigenvalue weighted by molar-refractivity contribution is 7.21. The predicted octanol–water partition coefficient (Wildman–Crippen LogP) is 14.6. The summed E-state index contributed by atoms with van der Waals surface area (Å²) in [6.07, 6.45) is 0. The Morgan fingerprint density at radius 1 is 0.407 bits per heavy atom. The van der Waals surface area contributed by atoms with Crippen molar-refractivity contribution in [1.82, 2.24) is 4.98 Å². The van der Waals surface area contributed by atoms with E-state index in [9.17, 15) is 0 Å². The average Bonchev–Trinajstić information content (AvgIpc) is 3.95. The first-order valence-corrected chi connectivity index (χ1v) is 18.8. The molecule has 0 amide bonds. The maximum Gasteiger partial charge on any atom is 0.137 e. The van der Waals surface area contributed by atoms with Crippen LogP contribution in [0.1, 0.15) is 0 Å². The van der Waals surface area contributed by atoms with E-state index in [1.54, 1.807) is 11.3 Å². The Kier molecular flexibility index (Phi) is 7.00. The first-order valence-electron chi connectivity index (χ1n) is 18.0. The van der Waals surface area contributed by atoms with Gasteiger partial charge in [0, 0.05) is 44.9 Å². The molecule has 0 atom stereocenters. The van der Waals surface area contributed by atoms with Crippen LogP contribution in [0.3, 0.4) is 0 Å². The summed E-state index contributed by atoms with van der Waals surface area (Å²) in [4.78, 5) is 7.52. The van der Waals surface area contributed by atoms with Gasteiger partial charge in [0.2, 0.25) is 0 Å². The van der Waals surface area contributed by atoms with Crippen LogP contribution in [0.2, 0.25) is 0 Å². The maximum absolute atomic E-state index is 6.49. The van der Waals surface area contributed by atoms with Gasteiger partial charge in [-0.15, -0.1) is 11.3 Å². The summed E-state index contributed by atoms with van der Waals surface area (Å²) in [5, 5.41) is 5.25. The van der Waals surface area contributed by atoms with Crippen molar-refractivity contribution < 1.29 is 8.83 Å². The number of furan rings is 2. The molecular weight excluding hydrogens is 681 g/mol. The van der Waals surface area contributed by atoms with Crippen molar-refractivity contribution in [3.63, 3.8) is 0 Å². The maximum atomic E-state index is 6.49. The molecule has 0 unspecified atom stereocenters. The Hall–Kier alpha value is -6.95. The van der Waals surface area contributed by atoms with E-state index in [0.29, 0.717) is 0 Å². The van der Waals surface area contributed by atoms with E-state index in [1.807, 2.05) is 18.2 Å². The minimum absolute atomic E-state index is 0.826. The van der Waals surface area contributed by atoms with E-state index in [1.165, 1.54) is 11.1 Å². The number of benzene rings is 8. The van der Waals surface area contributed by atoms with Crippen LogP contribution in [-0.2, 0) is 0 Å². The monoisotopic (exact) mass is 710 g/mol. The molecule has 4 nitrogen and oxygen atoms in total. The van der Waals surface area contributed by atoms with E-state index in [2.05, 4.69) is 169 Å². The summed E-state index contributed by atoms with van der Waals surface area (Å²) < 4.78 is 14.1. The number of aromatic nitrogens is 1. The Labute approximate surface area is 314 Å². The highest BCUT2D eigenvalue weighted by atomic mass is 32.1. The minimum atomic E-state index is 0.826. The molecule has 0 aliphatic rings. The first-order chi connectivity index (χ1) is 26.7. The molecule has 0 fully saturated rings. The molecule has 11 rings (SSSR count). The largest absolute Gasteiger partial charge is 0.456 e. The molecule has 11 aromatic rings. The molecule has 8 aromatic carbocycles. The van der Waals surface area contributed by atoms with Crippen LogP contribution in [0.4, 0.5) is 17.1 Å². The molecular formula is C49H30N2O2S. The van der Waals surface area contributed by atoms with Gasteiger partial charge in [0.05, 0.1) is 15.6 Å². The number of para-hydroxylation sites is 1. The van der Waals surface area contributed by atoms with E-state index in [4.69, 9.17) is 13.8 Å². The SMILES string of the molecule is c1ccc(-c2nc3c(ccc4oc5ccc(N(c6ccc(-c7ccccc7)c(-c7ccccc7)c6)c6ccc7c(c6)oc6ccccc67)cc5c43)s2)cc1. The summed E-state index contributed by atoms with van der Waals surface area (Å²) in [5.41, 5.74) is 13.1. The zero-order valence-corrected chi connectivity index (χ0v) is 29.8. The van der Waals surface area contributed by atoms with E-state index in [-0.39, 0.29) is 0 Å². The van der Waals surface area contributed by atoms with Gasteiger partial charge in [0.1, 0.15) is 27.3 Å². The van der Waals surface area contributed by atoms with Gasteiger partial charge in [0.15, 0.2) is 0 Å². The zero-order chi connectivity index (χ0) is 35.6. The van der Waals surface area contributed by atoms with Crippen molar-refractivity contribution in [3.8, 4) is 32.8 Å². The lowest BCUT2D eigenvalue weighted by Crippen LogP contribution is -2.10. The standard InChI is InChI=1S/C49H30N2O2S/c1-4-12-31(13-5-1)37-23-20-34(28-40(37)32-14-6-2-7-15-32)51(36-21-24-39-38-18-10-11-19-42(38)53-45(39)30-36)35-22-25-43-41(29-35)47-44(52-43)26-27-46-48(47)50-49(54-46)33-16-8-3-9-17-33/h1-30H. The highest BCUT2D eigenvalue weighted by Crippen LogP contribution is 2.45. The number of nitrogens with zero attached hydrogens (tertiary/aromatic N) is 2. The summed E-state index contributed by atoms with van der Waals surface area (Å²) in [5.74, 6) is 0. The van der Waals surface area contributed by atoms with Crippen molar-refractivity contribution in [2.24, 2.45) is 0 Å². The van der Waals surface area contributed by atoms with Crippen LogP contribution in [0.15, 0.2) is 191 Å². The van der Waals surface area contributed by atoms with Crippen LogP contribution in [0, 0.1) is 0 Å². The molecule has 54 heavy (non-hydrogen) atoms. The van der Waals surface area contributed by atoms with Gasteiger partial charge in [0.25, 0.3) is 0 Å². The molecule has 254 valence electrons. The van der Waals surface area contributed by atoms with Crippen molar-refractivity contribution in [3.05, 3.63) is 182 Å². The third-order valence-corrected chi connectivity index (χ3v) is 11.4. The number of rotatable bonds is 6. The van der Waals surface area contributed by atoms with Crippen LogP contribution in [0.25, 0.3) is 86.9 Å². The Morgan fingerprint density at radius 2 is 0.981 bits per heavy atom. The minimum Gasteiger partial charge on any atom is -0.456 e. The first kappa shape index (κ1) is 30.7. The molecule has 0 saturated carbocycles. The third-order valence-electron chi connectivity index (χ3n) is 10.3. The molecule has 0 aliphatic heterocycles. The second-order valence-corrected chi connectivity index (χ2v) is 14.6. The summed E-state index contributed by atoms with van der Waals surface area (Å²) in [7, 11) is 0. The lowest BCUT2D eigenvalue weighted by molar-refractivity contribution is 0.668. The lowest BCUT2D eigenvalue weighted by atomic mass is 9.93. The summed E-state index contributed by atoms with van der Waals surface area (Å²) >= 11 is 1.71. The van der Waals surface area contributed by atoms with E-state index >= 15 is 0 Å². The highest BCUT2D eigenvalue weighted by Gasteiger charge is 2.21. The zero-order valence-electron chi connectivity index (χ0n) is 28.9. The van der Waals surface area contributed by atoms with Gasteiger partial charge in [-0.25, -0.2) is 4.98 Å². The topological polar surface area (TPSA) is 42.4 Å². The van der Waals surface area contributed by atoms with Gasteiger partial charge < -0.3 is 13.7 Å². The second kappa shape index (κ2) is 12.3. The molecule has 0 N–H and O–H groups in total. The number of hydrogen-bond donors (Lipinski definition) is 0. The normalized spacial score (nSPS) is 11.7. The van der Waals surface area contributed by atoms with Crippen molar-refractivity contribution in [1.29, 1.82) is 0 Å².